The molecule has 1 atom stereocenters. The first kappa shape index (κ1) is 14.3. The molecule has 0 radical (unpaired) electrons. The number of piperazine rings is 1. The summed E-state index contributed by atoms with van der Waals surface area (Å²) < 4.78 is 5.14. The van der Waals surface area contributed by atoms with E-state index in [4.69, 9.17) is 10.00 Å². The number of hydrogen-bond donors (Lipinski definition) is 0. The Morgan fingerprint density at radius 1 is 1.20 bits per heavy atom. The molecule has 1 saturated heterocycles. The third kappa shape index (κ3) is 2.91. The maximum Gasteiger partial charge on any atom is 0.136 e. The Hall–Kier alpha value is -2.08. The smallest absolute Gasteiger partial charge is 0.136 e. The van der Waals surface area contributed by atoms with E-state index in [1.807, 2.05) is 6.07 Å². The van der Waals surface area contributed by atoms with Crippen LogP contribution in [0.2, 0.25) is 0 Å². The first-order valence-electron chi connectivity index (χ1n) is 6.60. The molecule has 0 bridgehead atoms. The second kappa shape index (κ2) is 6.38. The summed E-state index contributed by atoms with van der Waals surface area (Å²) >= 11 is 0. The van der Waals surface area contributed by atoms with Crippen molar-refractivity contribution in [2.24, 2.45) is 0 Å². The molecule has 2 rings (SSSR count). The van der Waals surface area contributed by atoms with E-state index in [0.29, 0.717) is 11.3 Å². The predicted molar refractivity (Wildman–Crippen MR) is 75.1 cm³/mol. The molecule has 104 valence electrons. The zero-order chi connectivity index (χ0) is 14.5. The number of likely N-dealkylation sites (N-methyl/N-ethyl adjacent to an activating group) is 1. The largest absolute Gasteiger partial charge is 0.495 e. The number of nitriles is 2. The van der Waals surface area contributed by atoms with E-state index in [1.54, 1.807) is 12.1 Å². The minimum absolute atomic E-state index is 0.304. The van der Waals surface area contributed by atoms with Crippen molar-refractivity contribution in [1.82, 2.24) is 9.80 Å². The molecule has 0 spiro atoms. The van der Waals surface area contributed by atoms with Crippen LogP contribution in [0.3, 0.4) is 0 Å². The summed E-state index contributed by atoms with van der Waals surface area (Å²) in [4.78, 5) is 4.41. The standard InChI is InChI=1S/C15H18N4O/c1-18-5-7-19(8-6-18)14(11-17)12-3-4-15(20-2)13(9-12)10-16/h3-4,9,14H,5-8H2,1-2H3. The Kier molecular flexibility index (Phi) is 4.57. The average Bonchev–Trinajstić information content (AvgIpc) is 2.49. The fourth-order valence-corrected chi connectivity index (χ4v) is 2.43. The minimum Gasteiger partial charge on any atom is -0.495 e. The second-order valence-electron chi connectivity index (χ2n) is 4.94. The van der Waals surface area contributed by atoms with Gasteiger partial charge in [0.05, 0.1) is 18.7 Å². The Balaban J connectivity index is 2.24. The van der Waals surface area contributed by atoms with Crippen molar-refractivity contribution < 1.29 is 4.74 Å². The van der Waals surface area contributed by atoms with Gasteiger partial charge in [0.15, 0.2) is 0 Å². The summed E-state index contributed by atoms with van der Waals surface area (Å²) in [5.41, 5.74) is 1.33. The van der Waals surface area contributed by atoms with Crippen LogP contribution in [-0.4, -0.2) is 50.1 Å². The number of ether oxygens (including phenoxy) is 1. The van der Waals surface area contributed by atoms with Crippen LogP contribution in [0.1, 0.15) is 17.2 Å². The van der Waals surface area contributed by atoms with Gasteiger partial charge in [-0.2, -0.15) is 10.5 Å². The average molecular weight is 270 g/mol. The highest BCUT2D eigenvalue weighted by atomic mass is 16.5. The normalized spacial score (nSPS) is 18.0. The van der Waals surface area contributed by atoms with Gasteiger partial charge in [-0.15, -0.1) is 0 Å². The van der Waals surface area contributed by atoms with Gasteiger partial charge in [-0.3, -0.25) is 4.90 Å². The minimum atomic E-state index is -0.304. The van der Waals surface area contributed by atoms with Gasteiger partial charge < -0.3 is 9.64 Å². The molecule has 0 aliphatic carbocycles. The Morgan fingerprint density at radius 2 is 1.90 bits per heavy atom. The van der Waals surface area contributed by atoms with Crippen molar-refractivity contribution in [1.29, 1.82) is 10.5 Å². The van der Waals surface area contributed by atoms with Crippen LogP contribution < -0.4 is 4.74 Å². The molecule has 1 aromatic carbocycles. The first-order chi connectivity index (χ1) is 9.69. The fourth-order valence-electron chi connectivity index (χ4n) is 2.43. The first-order valence-corrected chi connectivity index (χ1v) is 6.60. The van der Waals surface area contributed by atoms with Crippen molar-refractivity contribution in [3.8, 4) is 17.9 Å². The van der Waals surface area contributed by atoms with Crippen LogP contribution in [-0.2, 0) is 0 Å². The molecule has 1 heterocycles. The molecule has 1 fully saturated rings. The second-order valence-corrected chi connectivity index (χ2v) is 4.94. The Morgan fingerprint density at radius 3 is 2.45 bits per heavy atom. The quantitative estimate of drug-likeness (QED) is 0.830. The fraction of sp³-hybridized carbons (Fsp3) is 0.467. The molecule has 5 heteroatoms. The zero-order valence-electron chi connectivity index (χ0n) is 11.8. The number of hydrogen-bond acceptors (Lipinski definition) is 5. The lowest BCUT2D eigenvalue weighted by atomic mass is 10.0. The highest BCUT2D eigenvalue weighted by molar-refractivity contribution is 5.46. The molecule has 5 nitrogen and oxygen atoms in total. The van der Waals surface area contributed by atoms with Gasteiger partial charge in [0.2, 0.25) is 0 Å². The van der Waals surface area contributed by atoms with Crippen LogP contribution in [0, 0.1) is 22.7 Å². The van der Waals surface area contributed by atoms with E-state index in [0.717, 1.165) is 31.7 Å². The molecular weight excluding hydrogens is 252 g/mol. The third-order valence-electron chi connectivity index (χ3n) is 3.69. The molecule has 0 amide bonds. The van der Waals surface area contributed by atoms with Crippen molar-refractivity contribution in [3.05, 3.63) is 29.3 Å². The van der Waals surface area contributed by atoms with Crippen molar-refractivity contribution in [2.45, 2.75) is 6.04 Å². The van der Waals surface area contributed by atoms with E-state index >= 15 is 0 Å². The third-order valence-corrected chi connectivity index (χ3v) is 3.69. The molecule has 20 heavy (non-hydrogen) atoms. The monoisotopic (exact) mass is 270 g/mol. The molecule has 1 aromatic rings. The predicted octanol–water partition coefficient (Wildman–Crippen LogP) is 1.38. The summed E-state index contributed by atoms with van der Waals surface area (Å²) in [5, 5.41) is 18.6. The molecule has 0 N–H and O–H groups in total. The van der Waals surface area contributed by atoms with Crippen LogP contribution in [0.4, 0.5) is 0 Å². The number of methoxy groups -OCH3 is 1. The van der Waals surface area contributed by atoms with Crippen LogP contribution in [0.25, 0.3) is 0 Å². The summed E-state index contributed by atoms with van der Waals surface area (Å²) in [6.45, 7) is 3.64. The van der Waals surface area contributed by atoms with Crippen molar-refractivity contribution in [2.75, 3.05) is 40.3 Å². The van der Waals surface area contributed by atoms with Gasteiger partial charge in [0.25, 0.3) is 0 Å². The molecule has 0 aromatic heterocycles. The molecular formula is C15H18N4O. The van der Waals surface area contributed by atoms with E-state index < -0.39 is 0 Å². The lowest BCUT2D eigenvalue weighted by molar-refractivity contribution is 0.133. The molecule has 1 aliphatic rings. The Bertz CT molecular complexity index is 550. The maximum absolute atomic E-state index is 9.47. The van der Waals surface area contributed by atoms with Crippen LogP contribution in [0.5, 0.6) is 5.75 Å². The van der Waals surface area contributed by atoms with Gasteiger partial charge in [0.1, 0.15) is 17.9 Å². The van der Waals surface area contributed by atoms with Crippen LogP contribution in [0.15, 0.2) is 18.2 Å². The highest BCUT2D eigenvalue weighted by Crippen LogP contribution is 2.26. The van der Waals surface area contributed by atoms with E-state index in [1.165, 1.54) is 7.11 Å². The topological polar surface area (TPSA) is 63.3 Å². The van der Waals surface area contributed by atoms with E-state index in [9.17, 15) is 5.26 Å². The number of benzene rings is 1. The van der Waals surface area contributed by atoms with E-state index in [2.05, 4.69) is 29.0 Å². The molecule has 0 saturated carbocycles. The summed E-state index contributed by atoms with van der Waals surface area (Å²) in [5.74, 6) is 0.548. The number of rotatable bonds is 3. The van der Waals surface area contributed by atoms with Gasteiger partial charge in [-0.25, -0.2) is 0 Å². The van der Waals surface area contributed by atoms with E-state index in [-0.39, 0.29) is 6.04 Å². The Labute approximate surface area is 119 Å². The summed E-state index contributed by atoms with van der Waals surface area (Å²) in [7, 11) is 3.62. The van der Waals surface area contributed by atoms with Gasteiger partial charge in [0, 0.05) is 26.2 Å². The zero-order valence-corrected chi connectivity index (χ0v) is 11.8. The summed E-state index contributed by atoms with van der Waals surface area (Å²) in [6.07, 6.45) is 0. The van der Waals surface area contributed by atoms with Gasteiger partial charge >= 0.3 is 0 Å². The lowest BCUT2D eigenvalue weighted by Crippen LogP contribution is -2.45. The van der Waals surface area contributed by atoms with Crippen molar-refractivity contribution in [3.63, 3.8) is 0 Å². The van der Waals surface area contributed by atoms with Gasteiger partial charge in [-0.05, 0) is 24.7 Å². The molecule has 1 aliphatic heterocycles. The maximum atomic E-state index is 9.47. The summed E-state index contributed by atoms with van der Waals surface area (Å²) in [6, 6.07) is 9.54. The SMILES string of the molecule is COc1ccc(C(C#N)N2CCN(C)CC2)cc1C#N. The van der Waals surface area contributed by atoms with Crippen molar-refractivity contribution >= 4 is 0 Å². The number of nitrogens with zero attached hydrogens (tertiary/aromatic N) is 4. The van der Waals surface area contributed by atoms with Crippen LogP contribution >= 0.6 is 0 Å². The molecule has 1 unspecified atom stereocenters. The highest BCUT2D eigenvalue weighted by Gasteiger charge is 2.24. The lowest BCUT2D eigenvalue weighted by Gasteiger charge is -2.35. The van der Waals surface area contributed by atoms with Gasteiger partial charge in [-0.1, -0.05) is 6.07 Å².